The second-order valence-corrected chi connectivity index (χ2v) is 5.05. The second kappa shape index (κ2) is 5.93. The zero-order chi connectivity index (χ0) is 13.8. The molecule has 0 amide bonds. The molecular weight excluding hydrogens is 246 g/mol. The first kappa shape index (κ1) is 12.9. The van der Waals surface area contributed by atoms with E-state index in [1.54, 1.807) is 0 Å². The molecule has 0 radical (unpaired) electrons. The van der Waals surface area contributed by atoms with Gasteiger partial charge < -0.3 is 10.4 Å². The van der Waals surface area contributed by atoms with E-state index in [0.717, 1.165) is 19.4 Å². The number of benzene rings is 3. The summed E-state index contributed by atoms with van der Waals surface area (Å²) in [5.41, 5.74) is 1.18. The molecule has 0 bridgehead atoms. The summed E-state index contributed by atoms with van der Waals surface area (Å²) in [7, 11) is 0. The van der Waals surface area contributed by atoms with Crippen molar-refractivity contribution in [2.75, 3.05) is 18.5 Å². The molecule has 3 aromatic rings. The quantitative estimate of drug-likeness (QED) is 0.536. The summed E-state index contributed by atoms with van der Waals surface area (Å²) in [5, 5.41) is 17.5. The number of rotatable bonds is 5. The SMILES string of the molecule is OCCCCNc1cc2ccccc2c2ccccc12. The molecular formula is C18H19NO. The van der Waals surface area contributed by atoms with Gasteiger partial charge in [-0.1, -0.05) is 48.5 Å². The molecule has 0 aliphatic carbocycles. The predicted molar refractivity (Wildman–Crippen MR) is 86.3 cm³/mol. The van der Waals surface area contributed by atoms with Crippen LogP contribution < -0.4 is 5.32 Å². The van der Waals surface area contributed by atoms with Crippen molar-refractivity contribution in [3.05, 3.63) is 54.6 Å². The van der Waals surface area contributed by atoms with E-state index >= 15 is 0 Å². The number of fused-ring (bicyclic) bond motifs is 3. The topological polar surface area (TPSA) is 32.3 Å². The van der Waals surface area contributed by atoms with Gasteiger partial charge in [0.05, 0.1) is 0 Å². The Morgan fingerprint density at radius 1 is 0.800 bits per heavy atom. The van der Waals surface area contributed by atoms with E-state index in [-0.39, 0.29) is 6.61 Å². The van der Waals surface area contributed by atoms with Crippen LogP contribution in [0.3, 0.4) is 0 Å². The maximum absolute atomic E-state index is 8.85. The van der Waals surface area contributed by atoms with E-state index in [1.165, 1.54) is 27.2 Å². The smallest absolute Gasteiger partial charge is 0.0431 e. The third-order valence-corrected chi connectivity index (χ3v) is 3.67. The summed E-state index contributed by atoms with van der Waals surface area (Å²) in [4.78, 5) is 0. The number of anilines is 1. The first-order valence-electron chi connectivity index (χ1n) is 7.15. The van der Waals surface area contributed by atoms with Crippen LogP contribution in [0, 0.1) is 0 Å². The molecule has 0 unspecified atom stereocenters. The highest BCUT2D eigenvalue weighted by atomic mass is 16.2. The van der Waals surface area contributed by atoms with Crippen LogP contribution in [-0.4, -0.2) is 18.3 Å². The molecule has 2 heteroatoms. The third-order valence-electron chi connectivity index (χ3n) is 3.67. The van der Waals surface area contributed by atoms with Gasteiger partial charge in [0.15, 0.2) is 0 Å². The first-order chi connectivity index (χ1) is 9.90. The van der Waals surface area contributed by atoms with Crippen molar-refractivity contribution < 1.29 is 5.11 Å². The molecule has 0 fully saturated rings. The monoisotopic (exact) mass is 265 g/mol. The average Bonchev–Trinajstić information content (AvgIpc) is 2.51. The largest absolute Gasteiger partial charge is 0.396 e. The summed E-state index contributed by atoms with van der Waals surface area (Å²) >= 11 is 0. The van der Waals surface area contributed by atoms with Crippen LogP contribution in [0.15, 0.2) is 54.6 Å². The lowest BCUT2D eigenvalue weighted by Crippen LogP contribution is -2.03. The minimum Gasteiger partial charge on any atom is -0.396 e. The number of hydrogen-bond donors (Lipinski definition) is 2. The van der Waals surface area contributed by atoms with Gasteiger partial charge >= 0.3 is 0 Å². The highest BCUT2D eigenvalue weighted by molar-refractivity contribution is 6.12. The molecule has 2 nitrogen and oxygen atoms in total. The number of aliphatic hydroxyl groups is 1. The maximum Gasteiger partial charge on any atom is 0.0431 e. The minimum atomic E-state index is 0.264. The van der Waals surface area contributed by atoms with Crippen molar-refractivity contribution in [1.29, 1.82) is 0 Å². The van der Waals surface area contributed by atoms with Crippen LogP contribution in [0.1, 0.15) is 12.8 Å². The molecule has 0 saturated heterocycles. The van der Waals surface area contributed by atoms with Crippen molar-refractivity contribution in [2.24, 2.45) is 0 Å². The fraction of sp³-hybridized carbons (Fsp3) is 0.222. The van der Waals surface area contributed by atoms with E-state index in [4.69, 9.17) is 5.11 Å². The van der Waals surface area contributed by atoms with Gasteiger partial charge in [0.25, 0.3) is 0 Å². The van der Waals surface area contributed by atoms with Crippen LogP contribution in [0.25, 0.3) is 21.5 Å². The molecule has 2 N–H and O–H groups in total. The molecule has 3 aromatic carbocycles. The van der Waals surface area contributed by atoms with E-state index in [2.05, 4.69) is 59.9 Å². The minimum absolute atomic E-state index is 0.264. The standard InChI is InChI=1S/C18H19NO/c20-12-6-5-11-19-18-13-14-7-1-2-8-15(14)16-9-3-4-10-17(16)18/h1-4,7-10,13,19-20H,5-6,11-12H2. The summed E-state index contributed by atoms with van der Waals surface area (Å²) < 4.78 is 0. The summed E-state index contributed by atoms with van der Waals surface area (Å²) in [6.45, 7) is 1.16. The highest BCUT2D eigenvalue weighted by Crippen LogP contribution is 2.31. The fourth-order valence-corrected chi connectivity index (χ4v) is 2.66. The van der Waals surface area contributed by atoms with Crippen LogP contribution in [0.5, 0.6) is 0 Å². The van der Waals surface area contributed by atoms with Crippen molar-refractivity contribution in [1.82, 2.24) is 0 Å². The molecule has 0 aliphatic rings. The van der Waals surface area contributed by atoms with E-state index in [1.807, 2.05) is 0 Å². The molecule has 0 saturated carbocycles. The molecule has 0 atom stereocenters. The van der Waals surface area contributed by atoms with E-state index in [0.29, 0.717) is 0 Å². The van der Waals surface area contributed by atoms with E-state index in [9.17, 15) is 0 Å². The highest BCUT2D eigenvalue weighted by Gasteiger charge is 2.05. The fourth-order valence-electron chi connectivity index (χ4n) is 2.66. The maximum atomic E-state index is 8.85. The normalized spacial score (nSPS) is 11.1. The Bertz CT molecular complexity index is 721. The molecule has 102 valence electrons. The Balaban J connectivity index is 2.05. The molecule has 0 heterocycles. The van der Waals surface area contributed by atoms with Gasteiger partial charge in [0, 0.05) is 24.2 Å². The lowest BCUT2D eigenvalue weighted by molar-refractivity contribution is 0.286. The number of hydrogen-bond acceptors (Lipinski definition) is 2. The van der Waals surface area contributed by atoms with Crippen molar-refractivity contribution in [2.45, 2.75) is 12.8 Å². The lowest BCUT2D eigenvalue weighted by atomic mass is 10.0. The van der Waals surface area contributed by atoms with Gasteiger partial charge in [-0.3, -0.25) is 0 Å². The summed E-state index contributed by atoms with van der Waals surface area (Å²) in [6, 6.07) is 19.2. The Hall–Kier alpha value is -2.06. The summed E-state index contributed by atoms with van der Waals surface area (Å²) in [5.74, 6) is 0. The van der Waals surface area contributed by atoms with Crippen LogP contribution >= 0.6 is 0 Å². The Labute approximate surface area is 119 Å². The average molecular weight is 265 g/mol. The van der Waals surface area contributed by atoms with Crippen LogP contribution in [-0.2, 0) is 0 Å². The van der Waals surface area contributed by atoms with Crippen molar-refractivity contribution in [3.8, 4) is 0 Å². The van der Waals surface area contributed by atoms with Gasteiger partial charge in [-0.2, -0.15) is 0 Å². The number of nitrogens with one attached hydrogen (secondary N) is 1. The van der Waals surface area contributed by atoms with Crippen molar-refractivity contribution >= 4 is 27.2 Å². The molecule has 0 spiro atoms. The Morgan fingerprint density at radius 2 is 1.50 bits per heavy atom. The van der Waals surface area contributed by atoms with Gasteiger partial charge in [-0.05, 0) is 35.1 Å². The van der Waals surface area contributed by atoms with Gasteiger partial charge in [-0.25, -0.2) is 0 Å². The van der Waals surface area contributed by atoms with E-state index < -0.39 is 0 Å². The number of aliphatic hydroxyl groups excluding tert-OH is 1. The van der Waals surface area contributed by atoms with Gasteiger partial charge in [0.1, 0.15) is 0 Å². The van der Waals surface area contributed by atoms with Gasteiger partial charge in [0.2, 0.25) is 0 Å². The van der Waals surface area contributed by atoms with Crippen molar-refractivity contribution in [3.63, 3.8) is 0 Å². The summed E-state index contributed by atoms with van der Waals surface area (Å²) in [6.07, 6.45) is 1.83. The molecule has 0 aromatic heterocycles. The Morgan fingerprint density at radius 3 is 2.30 bits per heavy atom. The predicted octanol–water partition coefficient (Wildman–Crippen LogP) is 4.18. The zero-order valence-electron chi connectivity index (χ0n) is 11.5. The molecule has 0 aliphatic heterocycles. The Kier molecular flexibility index (Phi) is 3.84. The second-order valence-electron chi connectivity index (χ2n) is 5.05. The van der Waals surface area contributed by atoms with Crippen LogP contribution in [0.4, 0.5) is 5.69 Å². The van der Waals surface area contributed by atoms with Gasteiger partial charge in [-0.15, -0.1) is 0 Å². The third kappa shape index (κ3) is 2.47. The zero-order valence-corrected chi connectivity index (χ0v) is 11.5. The lowest BCUT2D eigenvalue weighted by Gasteiger charge is -2.12. The first-order valence-corrected chi connectivity index (χ1v) is 7.15. The molecule has 3 rings (SSSR count). The number of unbranched alkanes of at least 4 members (excludes halogenated alkanes) is 1. The molecule has 20 heavy (non-hydrogen) atoms. The van der Waals surface area contributed by atoms with Crippen LogP contribution in [0.2, 0.25) is 0 Å².